The zero-order chi connectivity index (χ0) is 22.6. The van der Waals surface area contributed by atoms with Gasteiger partial charge in [0.05, 0.1) is 0 Å². The van der Waals surface area contributed by atoms with Crippen molar-refractivity contribution in [2.75, 3.05) is 0 Å². The molecule has 2 N–H and O–H groups in total. The zero-order valence-electron chi connectivity index (χ0n) is 15.1. The lowest BCUT2D eigenvalue weighted by Crippen LogP contribution is -2.28. The highest BCUT2D eigenvalue weighted by atomic mass is 19.4. The number of esters is 1. The van der Waals surface area contributed by atoms with E-state index in [0.717, 1.165) is 6.07 Å². The number of unbranched alkanes of at least 4 members (excludes halogenated alkanes) is 2. The minimum atomic E-state index is -5.39. The number of phenols is 2. The van der Waals surface area contributed by atoms with E-state index in [2.05, 4.69) is 4.74 Å². The Labute approximate surface area is 165 Å². The van der Waals surface area contributed by atoms with E-state index in [1.54, 1.807) is 0 Å². The van der Waals surface area contributed by atoms with Crippen LogP contribution >= 0.6 is 0 Å². The van der Waals surface area contributed by atoms with E-state index in [9.17, 15) is 40.6 Å². The number of hydrogen-bond donors (Lipinski definition) is 2. The van der Waals surface area contributed by atoms with Crippen LogP contribution in [0.25, 0.3) is 0 Å². The van der Waals surface area contributed by atoms with Crippen molar-refractivity contribution in [3.63, 3.8) is 0 Å². The Morgan fingerprint density at radius 2 is 1.43 bits per heavy atom. The number of carbonyl (C=O) groups is 1. The van der Waals surface area contributed by atoms with E-state index in [1.807, 2.05) is 0 Å². The number of benzene rings is 2. The molecule has 0 unspecified atom stereocenters. The Balaban J connectivity index is 2.05. The first-order valence-corrected chi connectivity index (χ1v) is 8.58. The molecule has 11 heteroatoms. The molecule has 0 saturated heterocycles. The van der Waals surface area contributed by atoms with Crippen molar-refractivity contribution in [3.8, 4) is 17.2 Å². The minimum absolute atomic E-state index is 0.0213. The summed E-state index contributed by atoms with van der Waals surface area (Å²) in [5.74, 6) is -11.8. The van der Waals surface area contributed by atoms with E-state index in [1.165, 1.54) is 6.07 Å². The van der Waals surface area contributed by atoms with E-state index in [-0.39, 0.29) is 37.7 Å². The van der Waals surface area contributed by atoms with Gasteiger partial charge in [-0.1, -0.05) is 12.5 Å². The predicted molar refractivity (Wildman–Crippen MR) is 89.0 cm³/mol. The molecule has 0 heterocycles. The van der Waals surface area contributed by atoms with Gasteiger partial charge in [0.2, 0.25) is 11.6 Å². The maximum atomic E-state index is 14.1. The Kier molecular flexibility index (Phi) is 7.16. The van der Waals surface area contributed by atoms with Gasteiger partial charge >= 0.3 is 12.1 Å². The maximum absolute atomic E-state index is 14.1. The molecule has 4 nitrogen and oxygen atoms in total. The number of phenolic OH excluding ortho intramolecular Hbond substituents is 2. The van der Waals surface area contributed by atoms with Gasteiger partial charge < -0.3 is 14.9 Å². The highest BCUT2D eigenvalue weighted by molar-refractivity contribution is 5.78. The normalized spacial score (nSPS) is 11.6. The molecule has 2 aromatic carbocycles. The number of rotatable bonds is 7. The number of alkyl halides is 3. The molecule has 0 aliphatic carbocycles. The lowest BCUT2D eigenvalue weighted by Gasteiger charge is -2.13. The van der Waals surface area contributed by atoms with Crippen LogP contribution in [-0.2, 0) is 17.6 Å². The highest BCUT2D eigenvalue weighted by Gasteiger charge is 2.42. The number of hydrogen-bond acceptors (Lipinski definition) is 4. The van der Waals surface area contributed by atoms with Crippen LogP contribution in [0.2, 0.25) is 0 Å². The van der Waals surface area contributed by atoms with Crippen molar-refractivity contribution in [1.82, 2.24) is 0 Å². The number of carbonyl (C=O) groups excluding carboxylic acids is 1. The second-order valence-electron chi connectivity index (χ2n) is 6.32. The molecular formula is C19H15F7O4. The topological polar surface area (TPSA) is 66.8 Å². The van der Waals surface area contributed by atoms with Gasteiger partial charge in [0.15, 0.2) is 23.1 Å². The molecule has 0 spiro atoms. The van der Waals surface area contributed by atoms with E-state index < -0.39 is 58.2 Å². The van der Waals surface area contributed by atoms with Crippen LogP contribution in [0.1, 0.15) is 30.4 Å². The van der Waals surface area contributed by atoms with Crippen LogP contribution < -0.4 is 4.74 Å². The van der Waals surface area contributed by atoms with Crippen LogP contribution in [0.5, 0.6) is 17.2 Å². The first-order valence-electron chi connectivity index (χ1n) is 8.58. The predicted octanol–water partition coefficient (Wildman–Crippen LogP) is 5.08. The quantitative estimate of drug-likeness (QED) is 0.273. The molecule has 0 saturated carbocycles. The summed E-state index contributed by atoms with van der Waals surface area (Å²) in [6, 6.07) is 2.52. The summed E-state index contributed by atoms with van der Waals surface area (Å²) in [4.78, 5) is 11.0. The van der Waals surface area contributed by atoms with Gasteiger partial charge in [0, 0.05) is 11.6 Å². The Morgan fingerprint density at radius 3 is 2.07 bits per heavy atom. The summed E-state index contributed by atoms with van der Waals surface area (Å²) in [6.45, 7) is 0. The fourth-order valence-corrected chi connectivity index (χ4v) is 2.68. The van der Waals surface area contributed by atoms with Crippen molar-refractivity contribution in [3.05, 3.63) is 52.6 Å². The van der Waals surface area contributed by atoms with E-state index >= 15 is 0 Å². The Morgan fingerprint density at radius 1 is 0.833 bits per heavy atom. The first kappa shape index (κ1) is 23.3. The number of ether oxygens (including phenoxy) is 1. The summed E-state index contributed by atoms with van der Waals surface area (Å²) < 4.78 is 95.7. The SMILES string of the molecule is O=C(Oc1cc(O)c(F)c(F)c1CCCCCc1ccc(O)c(F)c1F)C(F)(F)F. The molecule has 0 bridgehead atoms. The lowest BCUT2D eigenvalue weighted by molar-refractivity contribution is -0.189. The lowest BCUT2D eigenvalue weighted by atomic mass is 10.0. The van der Waals surface area contributed by atoms with Crippen molar-refractivity contribution in [2.24, 2.45) is 0 Å². The first-order chi connectivity index (χ1) is 13.9. The highest BCUT2D eigenvalue weighted by Crippen LogP contribution is 2.33. The summed E-state index contributed by atoms with van der Waals surface area (Å²) in [5.41, 5.74) is -0.697. The Bertz CT molecular complexity index is 942. The molecule has 2 aromatic rings. The number of halogens is 7. The monoisotopic (exact) mass is 440 g/mol. The third-order valence-electron chi connectivity index (χ3n) is 4.20. The summed E-state index contributed by atoms with van der Waals surface area (Å²) in [6.07, 6.45) is -5.13. The molecule has 0 aliphatic rings. The van der Waals surface area contributed by atoms with Gasteiger partial charge in [-0.2, -0.15) is 22.0 Å². The summed E-state index contributed by atoms with van der Waals surface area (Å²) in [5, 5.41) is 18.3. The molecule has 0 atom stereocenters. The van der Waals surface area contributed by atoms with Crippen molar-refractivity contribution in [2.45, 2.75) is 38.3 Å². The molecule has 0 aliphatic heterocycles. The standard InChI is InChI=1S/C19H15F7O4/c20-14-9(6-7-11(27)16(14)22)4-2-1-3-5-10-13(30-18(29)19(24,25)26)8-12(28)17(23)15(10)21/h6-8,27-28H,1-5H2. The fourth-order valence-electron chi connectivity index (χ4n) is 2.68. The van der Waals surface area contributed by atoms with Gasteiger partial charge in [-0.25, -0.2) is 13.6 Å². The van der Waals surface area contributed by atoms with Crippen molar-refractivity contribution < 1.29 is 50.5 Å². The largest absolute Gasteiger partial charge is 0.505 e. The van der Waals surface area contributed by atoms with Crippen molar-refractivity contribution >= 4 is 5.97 Å². The van der Waals surface area contributed by atoms with Crippen molar-refractivity contribution in [1.29, 1.82) is 0 Å². The second kappa shape index (κ2) is 9.23. The second-order valence-corrected chi connectivity index (χ2v) is 6.32. The van der Waals surface area contributed by atoms with Gasteiger partial charge in [0.1, 0.15) is 5.75 Å². The number of aromatic hydroxyl groups is 2. The Hall–Kier alpha value is -2.98. The molecule has 2 rings (SSSR count). The third kappa shape index (κ3) is 5.33. The average Bonchev–Trinajstić information content (AvgIpc) is 2.67. The molecule has 0 amide bonds. The summed E-state index contributed by atoms with van der Waals surface area (Å²) in [7, 11) is 0. The van der Waals surface area contributed by atoms with Crippen LogP contribution in [0, 0.1) is 23.3 Å². The van der Waals surface area contributed by atoms with Crippen LogP contribution in [-0.4, -0.2) is 22.4 Å². The molecule has 30 heavy (non-hydrogen) atoms. The van der Waals surface area contributed by atoms with Gasteiger partial charge in [0.25, 0.3) is 0 Å². The third-order valence-corrected chi connectivity index (χ3v) is 4.20. The van der Waals surface area contributed by atoms with E-state index in [4.69, 9.17) is 5.11 Å². The van der Waals surface area contributed by atoms with Gasteiger partial charge in [-0.3, -0.25) is 0 Å². The van der Waals surface area contributed by atoms with Crippen LogP contribution in [0.3, 0.4) is 0 Å². The molecular weight excluding hydrogens is 425 g/mol. The zero-order valence-corrected chi connectivity index (χ0v) is 15.1. The summed E-state index contributed by atoms with van der Waals surface area (Å²) >= 11 is 0. The van der Waals surface area contributed by atoms with Crippen LogP contribution in [0.15, 0.2) is 18.2 Å². The minimum Gasteiger partial charge on any atom is -0.505 e. The van der Waals surface area contributed by atoms with Gasteiger partial charge in [-0.15, -0.1) is 0 Å². The molecule has 0 radical (unpaired) electrons. The number of aryl methyl sites for hydroxylation is 1. The maximum Gasteiger partial charge on any atom is 0.491 e. The molecule has 0 fully saturated rings. The fraction of sp³-hybridized carbons (Fsp3) is 0.316. The van der Waals surface area contributed by atoms with Crippen LogP contribution in [0.4, 0.5) is 30.7 Å². The van der Waals surface area contributed by atoms with E-state index in [0.29, 0.717) is 6.07 Å². The molecule has 164 valence electrons. The smallest absolute Gasteiger partial charge is 0.491 e. The average molecular weight is 440 g/mol. The van der Waals surface area contributed by atoms with Gasteiger partial charge in [-0.05, 0) is 37.3 Å². The molecule has 0 aromatic heterocycles.